The number of aliphatic imine (C=N–C) groups is 1. The summed E-state index contributed by atoms with van der Waals surface area (Å²) in [5.74, 6) is -0.363. The highest BCUT2D eigenvalue weighted by molar-refractivity contribution is 6.42. The van der Waals surface area contributed by atoms with Crippen molar-refractivity contribution in [3.05, 3.63) is 63.6 Å². The Kier molecular flexibility index (Phi) is 4.77. The van der Waals surface area contributed by atoms with E-state index in [0.717, 1.165) is 5.56 Å². The highest BCUT2D eigenvalue weighted by atomic mass is 35.5. The molecule has 2 rings (SSSR count). The van der Waals surface area contributed by atoms with Gasteiger partial charge in [0.25, 0.3) is 0 Å². The molecule has 0 radical (unpaired) electrons. The van der Waals surface area contributed by atoms with Crippen molar-refractivity contribution >= 4 is 41.1 Å². The van der Waals surface area contributed by atoms with Crippen molar-refractivity contribution in [2.45, 2.75) is 0 Å². The number of halogens is 2. The molecule has 0 unspecified atom stereocenters. The average Bonchev–Trinajstić information content (AvgIpc) is 2.48. The molecule has 102 valence electrons. The fraction of sp³-hybridized carbons (Fsp3) is 0.0667. The van der Waals surface area contributed by atoms with Crippen LogP contribution in [0, 0.1) is 0 Å². The summed E-state index contributed by atoms with van der Waals surface area (Å²) in [6, 6.07) is 12.1. The van der Waals surface area contributed by atoms with Gasteiger partial charge in [-0.15, -0.1) is 0 Å². The Morgan fingerprint density at radius 1 is 1.10 bits per heavy atom. The summed E-state index contributed by atoms with van der Waals surface area (Å²) in [5, 5.41) is 0.954. The van der Waals surface area contributed by atoms with E-state index in [0.29, 0.717) is 21.3 Å². The SMILES string of the molecule is COC(=O)c1ccc(C=Nc2ccc(Cl)c(Cl)c2)cc1. The summed E-state index contributed by atoms with van der Waals surface area (Å²) in [6.45, 7) is 0. The van der Waals surface area contributed by atoms with Gasteiger partial charge in [0.1, 0.15) is 0 Å². The third-order valence-electron chi connectivity index (χ3n) is 2.60. The van der Waals surface area contributed by atoms with Gasteiger partial charge in [-0.2, -0.15) is 0 Å². The van der Waals surface area contributed by atoms with Gasteiger partial charge in [0.15, 0.2) is 0 Å². The van der Waals surface area contributed by atoms with Crippen LogP contribution in [-0.2, 0) is 4.74 Å². The van der Waals surface area contributed by atoms with E-state index in [1.165, 1.54) is 7.11 Å². The number of esters is 1. The van der Waals surface area contributed by atoms with Gasteiger partial charge in [0, 0.05) is 6.21 Å². The Labute approximate surface area is 126 Å². The van der Waals surface area contributed by atoms with Gasteiger partial charge < -0.3 is 4.74 Å². The summed E-state index contributed by atoms with van der Waals surface area (Å²) in [4.78, 5) is 15.6. The van der Waals surface area contributed by atoms with Gasteiger partial charge in [-0.05, 0) is 35.9 Å². The zero-order valence-electron chi connectivity index (χ0n) is 10.6. The topological polar surface area (TPSA) is 38.7 Å². The third-order valence-corrected chi connectivity index (χ3v) is 3.34. The maximum atomic E-state index is 11.3. The second-order valence-corrected chi connectivity index (χ2v) is 4.78. The highest BCUT2D eigenvalue weighted by Gasteiger charge is 2.03. The number of benzene rings is 2. The number of nitrogens with zero attached hydrogens (tertiary/aromatic N) is 1. The van der Waals surface area contributed by atoms with E-state index < -0.39 is 0 Å². The van der Waals surface area contributed by atoms with E-state index in [9.17, 15) is 4.79 Å². The molecular weight excluding hydrogens is 297 g/mol. The number of carbonyl (C=O) groups is 1. The van der Waals surface area contributed by atoms with Gasteiger partial charge in [-0.1, -0.05) is 35.3 Å². The molecule has 0 atom stereocenters. The van der Waals surface area contributed by atoms with Crippen molar-refractivity contribution in [3.63, 3.8) is 0 Å². The standard InChI is InChI=1S/C15H11Cl2NO2/c1-20-15(19)11-4-2-10(3-5-11)9-18-12-6-7-13(16)14(17)8-12/h2-9H,1H3. The van der Waals surface area contributed by atoms with E-state index in [1.54, 1.807) is 48.7 Å². The predicted octanol–water partition coefficient (Wildman–Crippen LogP) is 4.53. The molecule has 0 aliphatic rings. The van der Waals surface area contributed by atoms with Crippen LogP contribution in [0.3, 0.4) is 0 Å². The number of rotatable bonds is 3. The van der Waals surface area contributed by atoms with Crippen LogP contribution < -0.4 is 0 Å². The van der Waals surface area contributed by atoms with Crippen molar-refractivity contribution < 1.29 is 9.53 Å². The first-order valence-corrected chi connectivity index (χ1v) is 6.53. The predicted molar refractivity (Wildman–Crippen MR) is 81.5 cm³/mol. The molecule has 0 aromatic heterocycles. The number of carbonyl (C=O) groups excluding carboxylic acids is 1. The molecule has 0 saturated carbocycles. The quantitative estimate of drug-likeness (QED) is 0.617. The molecule has 2 aromatic rings. The van der Waals surface area contributed by atoms with Crippen LogP contribution >= 0.6 is 23.2 Å². The van der Waals surface area contributed by atoms with Crippen LogP contribution in [0.1, 0.15) is 15.9 Å². The summed E-state index contributed by atoms with van der Waals surface area (Å²) in [7, 11) is 1.35. The van der Waals surface area contributed by atoms with Crippen molar-refractivity contribution in [1.29, 1.82) is 0 Å². The Balaban J connectivity index is 2.15. The van der Waals surface area contributed by atoms with Crippen LogP contribution in [0.25, 0.3) is 0 Å². The maximum absolute atomic E-state index is 11.3. The van der Waals surface area contributed by atoms with E-state index in [2.05, 4.69) is 9.73 Å². The number of hydrogen-bond donors (Lipinski definition) is 0. The molecule has 0 aliphatic heterocycles. The van der Waals surface area contributed by atoms with E-state index in [4.69, 9.17) is 23.2 Å². The molecular formula is C15H11Cl2NO2. The van der Waals surface area contributed by atoms with Crippen molar-refractivity contribution in [1.82, 2.24) is 0 Å². The first-order chi connectivity index (χ1) is 9.60. The minimum Gasteiger partial charge on any atom is -0.465 e. The van der Waals surface area contributed by atoms with Crippen LogP contribution in [0.4, 0.5) is 5.69 Å². The Morgan fingerprint density at radius 2 is 1.80 bits per heavy atom. The molecule has 2 aromatic carbocycles. The third kappa shape index (κ3) is 3.59. The number of methoxy groups -OCH3 is 1. The molecule has 0 aliphatic carbocycles. The molecule has 5 heteroatoms. The Morgan fingerprint density at radius 3 is 2.40 bits per heavy atom. The summed E-state index contributed by atoms with van der Waals surface area (Å²) in [5.41, 5.74) is 2.07. The fourth-order valence-electron chi connectivity index (χ4n) is 1.54. The lowest BCUT2D eigenvalue weighted by atomic mass is 10.1. The number of hydrogen-bond acceptors (Lipinski definition) is 3. The molecule has 3 nitrogen and oxygen atoms in total. The van der Waals surface area contributed by atoms with E-state index >= 15 is 0 Å². The molecule has 0 N–H and O–H groups in total. The minimum atomic E-state index is -0.363. The van der Waals surface area contributed by atoms with Gasteiger partial charge in [-0.25, -0.2) is 4.79 Å². The second kappa shape index (κ2) is 6.55. The molecule has 0 heterocycles. The summed E-state index contributed by atoms with van der Waals surface area (Å²) in [6.07, 6.45) is 1.68. The van der Waals surface area contributed by atoms with Crippen molar-refractivity contribution in [2.24, 2.45) is 4.99 Å². The normalized spacial score (nSPS) is 10.8. The van der Waals surface area contributed by atoms with Gasteiger partial charge in [-0.3, -0.25) is 4.99 Å². The summed E-state index contributed by atoms with van der Waals surface area (Å²) < 4.78 is 4.63. The summed E-state index contributed by atoms with van der Waals surface area (Å²) >= 11 is 11.7. The second-order valence-electron chi connectivity index (χ2n) is 3.97. The van der Waals surface area contributed by atoms with Crippen LogP contribution in [-0.4, -0.2) is 19.3 Å². The molecule has 0 fully saturated rings. The fourth-order valence-corrected chi connectivity index (χ4v) is 1.83. The van der Waals surface area contributed by atoms with Gasteiger partial charge in [0.05, 0.1) is 28.4 Å². The first kappa shape index (κ1) is 14.6. The molecule has 0 saturated heterocycles. The highest BCUT2D eigenvalue weighted by Crippen LogP contribution is 2.26. The minimum absolute atomic E-state index is 0.363. The van der Waals surface area contributed by atoms with E-state index in [-0.39, 0.29) is 5.97 Å². The molecule has 0 amide bonds. The molecule has 0 spiro atoms. The molecule has 20 heavy (non-hydrogen) atoms. The first-order valence-electron chi connectivity index (χ1n) is 5.77. The van der Waals surface area contributed by atoms with Crippen molar-refractivity contribution in [3.8, 4) is 0 Å². The van der Waals surface area contributed by atoms with Gasteiger partial charge >= 0.3 is 5.97 Å². The Bertz CT molecular complexity index is 651. The lowest BCUT2D eigenvalue weighted by Crippen LogP contribution is -2.00. The van der Waals surface area contributed by atoms with Crippen LogP contribution in [0.5, 0.6) is 0 Å². The number of ether oxygens (including phenoxy) is 1. The molecule has 0 bridgehead atoms. The average molecular weight is 308 g/mol. The van der Waals surface area contributed by atoms with E-state index in [1.807, 2.05) is 0 Å². The Hall–Kier alpha value is -1.84. The maximum Gasteiger partial charge on any atom is 0.337 e. The zero-order chi connectivity index (χ0) is 14.5. The largest absolute Gasteiger partial charge is 0.465 e. The monoisotopic (exact) mass is 307 g/mol. The smallest absolute Gasteiger partial charge is 0.337 e. The lowest BCUT2D eigenvalue weighted by molar-refractivity contribution is 0.0601. The van der Waals surface area contributed by atoms with Gasteiger partial charge in [0.2, 0.25) is 0 Å². The lowest BCUT2D eigenvalue weighted by Gasteiger charge is -2.00. The van der Waals surface area contributed by atoms with Crippen LogP contribution in [0.15, 0.2) is 47.5 Å². The van der Waals surface area contributed by atoms with Crippen molar-refractivity contribution in [2.75, 3.05) is 7.11 Å². The van der Waals surface area contributed by atoms with Crippen LogP contribution in [0.2, 0.25) is 10.0 Å². The zero-order valence-corrected chi connectivity index (χ0v) is 12.2.